The summed E-state index contributed by atoms with van der Waals surface area (Å²) < 4.78 is 1.58. The number of anilines is 1. The van der Waals surface area contributed by atoms with E-state index >= 15 is 0 Å². The summed E-state index contributed by atoms with van der Waals surface area (Å²) in [7, 11) is 0. The standard InChI is InChI=1S/C17H22N6O2/c1-11-6-8-18-14(9-11)23-15(10-12(2)22-23)21-17(25)20-13-5-3-4-7-19-16(13)24/h6,8-10,13H,3-5,7H2,1-2H3,(H,19,24)(H2,20,21,25)/t13-/m0/s1. The molecule has 1 atom stereocenters. The van der Waals surface area contributed by atoms with Crippen molar-refractivity contribution < 1.29 is 9.59 Å². The molecule has 0 bridgehead atoms. The molecule has 1 fully saturated rings. The molecule has 1 aliphatic heterocycles. The van der Waals surface area contributed by atoms with Crippen LogP contribution < -0.4 is 16.0 Å². The molecule has 0 spiro atoms. The Labute approximate surface area is 146 Å². The minimum Gasteiger partial charge on any atom is -0.354 e. The monoisotopic (exact) mass is 342 g/mol. The van der Waals surface area contributed by atoms with Gasteiger partial charge in [0.1, 0.15) is 11.9 Å². The van der Waals surface area contributed by atoms with Gasteiger partial charge < -0.3 is 10.6 Å². The van der Waals surface area contributed by atoms with E-state index in [1.165, 1.54) is 0 Å². The van der Waals surface area contributed by atoms with Crippen molar-refractivity contribution in [2.24, 2.45) is 0 Å². The molecule has 1 aliphatic rings. The van der Waals surface area contributed by atoms with Crippen LogP contribution in [0.25, 0.3) is 5.82 Å². The highest BCUT2D eigenvalue weighted by Gasteiger charge is 2.23. The molecule has 1 saturated heterocycles. The predicted octanol–water partition coefficient (Wildman–Crippen LogP) is 1.67. The Morgan fingerprint density at radius 1 is 1.32 bits per heavy atom. The molecule has 132 valence electrons. The Kier molecular flexibility index (Phi) is 4.97. The molecule has 3 rings (SSSR count). The molecule has 3 amide bonds. The van der Waals surface area contributed by atoms with Gasteiger partial charge >= 0.3 is 6.03 Å². The van der Waals surface area contributed by atoms with Gasteiger partial charge in [-0.3, -0.25) is 10.1 Å². The van der Waals surface area contributed by atoms with Crippen molar-refractivity contribution in [1.29, 1.82) is 0 Å². The Morgan fingerprint density at radius 3 is 2.96 bits per heavy atom. The lowest BCUT2D eigenvalue weighted by atomic mass is 10.1. The third-order valence-corrected chi connectivity index (χ3v) is 4.03. The largest absolute Gasteiger partial charge is 0.354 e. The van der Waals surface area contributed by atoms with Gasteiger partial charge in [0.15, 0.2) is 5.82 Å². The maximum absolute atomic E-state index is 12.3. The van der Waals surface area contributed by atoms with Crippen LogP contribution in [0.4, 0.5) is 10.6 Å². The van der Waals surface area contributed by atoms with Crippen LogP contribution in [0.1, 0.15) is 30.5 Å². The second-order valence-electron chi connectivity index (χ2n) is 6.21. The lowest BCUT2D eigenvalue weighted by Crippen LogP contribution is -2.47. The van der Waals surface area contributed by atoms with Crippen molar-refractivity contribution in [3.8, 4) is 5.82 Å². The number of carbonyl (C=O) groups excluding carboxylic acids is 2. The van der Waals surface area contributed by atoms with E-state index in [1.807, 2.05) is 26.0 Å². The Morgan fingerprint density at radius 2 is 2.16 bits per heavy atom. The summed E-state index contributed by atoms with van der Waals surface area (Å²) in [4.78, 5) is 28.6. The van der Waals surface area contributed by atoms with Crippen molar-refractivity contribution in [3.63, 3.8) is 0 Å². The summed E-state index contributed by atoms with van der Waals surface area (Å²) >= 11 is 0. The second-order valence-corrected chi connectivity index (χ2v) is 6.21. The van der Waals surface area contributed by atoms with Gasteiger partial charge in [-0.1, -0.05) is 0 Å². The number of nitrogens with one attached hydrogen (secondary N) is 3. The van der Waals surface area contributed by atoms with Crippen LogP contribution in [0, 0.1) is 13.8 Å². The number of hydrogen-bond donors (Lipinski definition) is 3. The fraction of sp³-hybridized carbons (Fsp3) is 0.412. The fourth-order valence-electron chi connectivity index (χ4n) is 2.79. The Balaban J connectivity index is 1.74. The number of nitrogens with zero attached hydrogens (tertiary/aromatic N) is 3. The van der Waals surface area contributed by atoms with E-state index in [0.29, 0.717) is 24.6 Å². The van der Waals surface area contributed by atoms with Crippen LogP contribution in [0.3, 0.4) is 0 Å². The van der Waals surface area contributed by atoms with E-state index in [4.69, 9.17) is 0 Å². The number of pyridine rings is 1. The van der Waals surface area contributed by atoms with Crippen molar-refractivity contribution in [2.75, 3.05) is 11.9 Å². The van der Waals surface area contributed by atoms with E-state index in [1.54, 1.807) is 16.9 Å². The van der Waals surface area contributed by atoms with E-state index < -0.39 is 12.1 Å². The van der Waals surface area contributed by atoms with Crippen molar-refractivity contribution in [3.05, 3.63) is 35.7 Å². The zero-order chi connectivity index (χ0) is 17.8. The normalized spacial score (nSPS) is 17.5. The maximum Gasteiger partial charge on any atom is 0.321 e. The molecular weight excluding hydrogens is 320 g/mol. The fourth-order valence-corrected chi connectivity index (χ4v) is 2.79. The lowest BCUT2D eigenvalue weighted by molar-refractivity contribution is -0.122. The molecule has 25 heavy (non-hydrogen) atoms. The van der Waals surface area contributed by atoms with Crippen LogP contribution in [-0.4, -0.2) is 39.3 Å². The van der Waals surface area contributed by atoms with Crippen molar-refractivity contribution in [2.45, 2.75) is 39.2 Å². The van der Waals surface area contributed by atoms with E-state index in [-0.39, 0.29) is 5.91 Å². The lowest BCUT2D eigenvalue weighted by Gasteiger charge is -2.16. The highest BCUT2D eigenvalue weighted by atomic mass is 16.2. The van der Waals surface area contributed by atoms with E-state index in [9.17, 15) is 9.59 Å². The van der Waals surface area contributed by atoms with E-state index in [0.717, 1.165) is 24.1 Å². The number of carbonyl (C=O) groups is 2. The summed E-state index contributed by atoms with van der Waals surface area (Å²) in [6.07, 6.45) is 4.16. The average molecular weight is 342 g/mol. The number of aromatic nitrogens is 3. The minimum atomic E-state index is -0.517. The number of aryl methyl sites for hydroxylation is 2. The summed E-state index contributed by atoms with van der Waals surface area (Å²) in [6, 6.07) is 4.59. The topological polar surface area (TPSA) is 101 Å². The van der Waals surface area contributed by atoms with Gasteiger partial charge in [0.05, 0.1) is 5.69 Å². The van der Waals surface area contributed by atoms with Crippen LogP contribution in [0.15, 0.2) is 24.4 Å². The SMILES string of the molecule is Cc1ccnc(-n2nc(C)cc2NC(=O)N[C@H]2CCCCNC2=O)c1. The Bertz CT molecular complexity index is 785. The number of urea groups is 1. The highest BCUT2D eigenvalue weighted by Crippen LogP contribution is 2.16. The van der Waals surface area contributed by atoms with Gasteiger partial charge in [-0.25, -0.2) is 9.78 Å². The molecule has 0 radical (unpaired) electrons. The molecule has 3 N–H and O–H groups in total. The van der Waals surface area contributed by atoms with Crippen LogP contribution >= 0.6 is 0 Å². The molecule has 0 aromatic carbocycles. The number of hydrogen-bond acceptors (Lipinski definition) is 4. The average Bonchev–Trinajstić information content (AvgIpc) is 2.81. The van der Waals surface area contributed by atoms with Gasteiger partial charge in [-0.15, -0.1) is 0 Å². The van der Waals surface area contributed by atoms with Gasteiger partial charge in [0, 0.05) is 18.8 Å². The second kappa shape index (κ2) is 7.33. The van der Waals surface area contributed by atoms with Gasteiger partial charge in [-0.2, -0.15) is 9.78 Å². The molecule has 3 heterocycles. The first-order valence-electron chi connectivity index (χ1n) is 8.38. The van der Waals surface area contributed by atoms with Crippen LogP contribution in [0.2, 0.25) is 0 Å². The molecule has 2 aromatic rings. The molecule has 0 saturated carbocycles. The Hall–Kier alpha value is -2.90. The third-order valence-electron chi connectivity index (χ3n) is 4.03. The summed E-state index contributed by atoms with van der Waals surface area (Å²) in [5.74, 6) is 0.982. The van der Waals surface area contributed by atoms with Crippen molar-refractivity contribution in [1.82, 2.24) is 25.4 Å². The highest BCUT2D eigenvalue weighted by molar-refractivity contribution is 5.93. The first-order chi connectivity index (χ1) is 12.0. The molecule has 2 aromatic heterocycles. The predicted molar refractivity (Wildman–Crippen MR) is 93.6 cm³/mol. The van der Waals surface area contributed by atoms with Crippen molar-refractivity contribution >= 4 is 17.8 Å². The van der Waals surface area contributed by atoms with Crippen LogP contribution in [-0.2, 0) is 4.79 Å². The first-order valence-corrected chi connectivity index (χ1v) is 8.38. The molecule has 0 unspecified atom stereocenters. The zero-order valence-electron chi connectivity index (χ0n) is 14.4. The molecule has 0 aliphatic carbocycles. The summed E-state index contributed by atoms with van der Waals surface area (Å²) in [5, 5.41) is 12.7. The van der Waals surface area contributed by atoms with Gasteiger partial charge in [0.25, 0.3) is 0 Å². The first kappa shape index (κ1) is 16.9. The quantitative estimate of drug-likeness (QED) is 0.790. The molecular formula is C17H22N6O2. The third kappa shape index (κ3) is 4.14. The number of amides is 3. The van der Waals surface area contributed by atoms with Crippen LogP contribution in [0.5, 0.6) is 0 Å². The minimum absolute atomic E-state index is 0.141. The van der Waals surface area contributed by atoms with Gasteiger partial charge in [-0.05, 0) is 50.8 Å². The maximum atomic E-state index is 12.3. The number of rotatable bonds is 3. The smallest absolute Gasteiger partial charge is 0.321 e. The molecule has 8 heteroatoms. The zero-order valence-corrected chi connectivity index (χ0v) is 14.4. The van der Waals surface area contributed by atoms with Gasteiger partial charge in [0.2, 0.25) is 5.91 Å². The molecule has 8 nitrogen and oxygen atoms in total. The summed E-state index contributed by atoms with van der Waals surface area (Å²) in [6.45, 7) is 4.46. The summed E-state index contributed by atoms with van der Waals surface area (Å²) in [5.41, 5.74) is 1.80. The van der Waals surface area contributed by atoms with E-state index in [2.05, 4.69) is 26.0 Å².